The van der Waals surface area contributed by atoms with Crippen molar-refractivity contribution in [2.24, 2.45) is 0 Å². The number of nitro benzene ring substituents is 1. The molecule has 0 N–H and O–H groups in total. The smallest absolute Gasteiger partial charge is 0.258 e. The molecule has 0 aliphatic rings. The van der Waals surface area contributed by atoms with Gasteiger partial charge in [-0.2, -0.15) is 0 Å². The molecular weight excluding hydrogens is 168 g/mol. The van der Waals surface area contributed by atoms with E-state index in [1.807, 2.05) is 0 Å². The van der Waals surface area contributed by atoms with E-state index in [2.05, 4.69) is 0 Å². The third-order valence-corrected chi connectivity index (χ3v) is 1.41. The maximum Gasteiger partial charge on any atom is 0.272 e. The van der Waals surface area contributed by atoms with Gasteiger partial charge in [0.2, 0.25) is 0 Å². The predicted octanol–water partition coefficient (Wildman–Crippen LogP) is 2.18. The number of nitrogens with zero attached hydrogens (tertiary/aromatic N) is 1. The minimum atomic E-state index is -1.19. The normalized spacial score (nSPS) is 9.92. The first-order valence-corrected chi connectivity index (χ1v) is 3.12. The molecule has 64 valence electrons. The molecule has 0 fully saturated rings. The highest BCUT2D eigenvalue weighted by atomic mass is 19.2. The molecule has 0 aliphatic heterocycles. The highest BCUT2D eigenvalue weighted by Gasteiger charge is 2.13. The highest BCUT2D eigenvalue weighted by Crippen LogP contribution is 2.19. The van der Waals surface area contributed by atoms with Crippen LogP contribution in [-0.2, 0) is 0 Å². The Bertz CT molecular complexity index is 315. The van der Waals surface area contributed by atoms with Crippen molar-refractivity contribution in [2.45, 2.75) is 6.92 Å². The number of benzene rings is 1. The van der Waals surface area contributed by atoms with Gasteiger partial charge in [-0.25, -0.2) is 8.78 Å². The van der Waals surface area contributed by atoms with E-state index >= 15 is 0 Å². The summed E-state index contributed by atoms with van der Waals surface area (Å²) < 4.78 is 25.1. The van der Waals surface area contributed by atoms with Gasteiger partial charge >= 0.3 is 0 Å². The van der Waals surface area contributed by atoms with Crippen molar-refractivity contribution in [1.29, 1.82) is 0 Å². The van der Waals surface area contributed by atoms with Crippen molar-refractivity contribution in [3.8, 4) is 0 Å². The lowest BCUT2D eigenvalue weighted by atomic mass is 10.2. The Morgan fingerprint density at radius 1 is 1.42 bits per heavy atom. The minimum absolute atomic E-state index is 0.0679. The van der Waals surface area contributed by atoms with Crippen molar-refractivity contribution in [1.82, 2.24) is 0 Å². The molecule has 0 atom stereocenters. The van der Waals surface area contributed by atoms with E-state index < -0.39 is 22.2 Å². The molecule has 0 saturated carbocycles. The fourth-order valence-corrected chi connectivity index (χ4v) is 0.814. The average Bonchev–Trinajstić information content (AvgIpc) is 1.99. The molecule has 0 amide bonds. The Kier molecular flexibility index (Phi) is 2.03. The molecule has 0 aromatic heterocycles. The summed E-state index contributed by atoms with van der Waals surface area (Å²) in [6.45, 7) is 1.27. The summed E-state index contributed by atoms with van der Waals surface area (Å²) in [5, 5.41) is 10.1. The van der Waals surface area contributed by atoms with Crippen LogP contribution < -0.4 is 0 Å². The van der Waals surface area contributed by atoms with Crippen LogP contribution in [0.2, 0.25) is 0 Å². The molecule has 5 heteroatoms. The van der Waals surface area contributed by atoms with Crippen molar-refractivity contribution in [3.05, 3.63) is 39.4 Å². The summed E-state index contributed by atoms with van der Waals surface area (Å²) in [7, 11) is 0. The van der Waals surface area contributed by atoms with Gasteiger partial charge < -0.3 is 0 Å². The molecule has 3 nitrogen and oxygen atoms in total. The summed E-state index contributed by atoms with van der Waals surface area (Å²) in [4.78, 5) is 9.36. The topological polar surface area (TPSA) is 43.1 Å². The van der Waals surface area contributed by atoms with Gasteiger partial charge in [0.15, 0.2) is 11.6 Å². The van der Waals surface area contributed by atoms with Crippen molar-refractivity contribution < 1.29 is 13.7 Å². The lowest BCUT2D eigenvalue weighted by Crippen LogP contribution is -1.94. The monoisotopic (exact) mass is 173 g/mol. The standard InChI is InChI=1S/C7H5F2NO2/c1-4-2-5(10(11)12)3-6(8)7(4)9/h2-3H,1H3. The van der Waals surface area contributed by atoms with Gasteiger partial charge in [-0.05, 0) is 12.5 Å². The first-order valence-electron chi connectivity index (χ1n) is 3.12. The maximum atomic E-state index is 12.6. The van der Waals surface area contributed by atoms with Crippen molar-refractivity contribution >= 4 is 5.69 Å². The average molecular weight is 173 g/mol. The van der Waals surface area contributed by atoms with Gasteiger partial charge in [-0.15, -0.1) is 0 Å². The molecule has 0 aliphatic carbocycles. The number of hydrogen-bond donors (Lipinski definition) is 0. The van der Waals surface area contributed by atoms with Gasteiger partial charge in [0, 0.05) is 6.07 Å². The third kappa shape index (κ3) is 1.39. The number of aryl methyl sites for hydroxylation is 1. The molecule has 0 heterocycles. The maximum absolute atomic E-state index is 12.6. The number of nitro groups is 1. The molecule has 0 bridgehead atoms. The van der Waals surface area contributed by atoms with Crippen molar-refractivity contribution in [2.75, 3.05) is 0 Å². The van der Waals surface area contributed by atoms with Gasteiger partial charge in [-0.3, -0.25) is 10.1 Å². The van der Waals surface area contributed by atoms with Crippen LogP contribution >= 0.6 is 0 Å². The van der Waals surface area contributed by atoms with Gasteiger partial charge in [0.1, 0.15) is 0 Å². The van der Waals surface area contributed by atoms with E-state index in [0.29, 0.717) is 6.07 Å². The second-order valence-electron chi connectivity index (χ2n) is 2.32. The molecule has 1 rings (SSSR count). The lowest BCUT2D eigenvalue weighted by Gasteiger charge is -1.97. The van der Waals surface area contributed by atoms with Crippen LogP contribution in [0.1, 0.15) is 5.56 Å². The van der Waals surface area contributed by atoms with Gasteiger partial charge in [-0.1, -0.05) is 0 Å². The Hall–Kier alpha value is -1.52. The van der Waals surface area contributed by atoms with E-state index in [4.69, 9.17) is 0 Å². The van der Waals surface area contributed by atoms with Gasteiger partial charge in [0.25, 0.3) is 5.69 Å². The number of hydrogen-bond acceptors (Lipinski definition) is 2. The van der Waals surface area contributed by atoms with E-state index in [9.17, 15) is 18.9 Å². The molecule has 12 heavy (non-hydrogen) atoms. The van der Waals surface area contributed by atoms with Crippen LogP contribution in [0, 0.1) is 28.7 Å². The molecule has 1 aromatic rings. The van der Waals surface area contributed by atoms with Crippen LogP contribution in [0.5, 0.6) is 0 Å². The number of halogens is 2. The Balaban J connectivity index is 3.31. The number of rotatable bonds is 1. The first-order chi connectivity index (χ1) is 5.52. The molecular formula is C7H5F2NO2. The van der Waals surface area contributed by atoms with E-state index in [1.54, 1.807) is 0 Å². The summed E-state index contributed by atoms with van der Waals surface area (Å²) in [6.07, 6.45) is 0. The third-order valence-electron chi connectivity index (χ3n) is 1.41. The van der Waals surface area contributed by atoms with Crippen LogP contribution in [-0.4, -0.2) is 4.92 Å². The van der Waals surface area contributed by atoms with E-state index in [0.717, 1.165) is 6.07 Å². The summed E-state index contributed by atoms with van der Waals surface area (Å²) in [5.74, 6) is -2.23. The molecule has 0 radical (unpaired) electrons. The zero-order valence-electron chi connectivity index (χ0n) is 6.17. The lowest BCUT2D eigenvalue weighted by molar-refractivity contribution is -0.385. The van der Waals surface area contributed by atoms with Crippen molar-refractivity contribution in [3.63, 3.8) is 0 Å². The van der Waals surface area contributed by atoms with E-state index in [1.165, 1.54) is 6.92 Å². The van der Waals surface area contributed by atoms with Crippen LogP contribution in [0.25, 0.3) is 0 Å². The first kappa shape index (κ1) is 8.58. The Labute approximate surface area is 66.8 Å². The second kappa shape index (κ2) is 2.84. The summed E-state index contributed by atoms with van der Waals surface area (Å²) in [5.41, 5.74) is -0.506. The fraction of sp³-hybridized carbons (Fsp3) is 0.143. The highest BCUT2D eigenvalue weighted by molar-refractivity contribution is 5.35. The SMILES string of the molecule is Cc1cc([N+](=O)[O-])cc(F)c1F. The summed E-state index contributed by atoms with van der Waals surface area (Å²) in [6, 6.07) is 1.54. The van der Waals surface area contributed by atoms with Gasteiger partial charge in [0.05, 0.1) is 11.0 Å². The molecule has 0 saturated heterocycles. The fourth-order valence-electron chi connectivity index (χ4n) is 0.814. The Morgan fingerprint density at radius 2 is 2.00 bits per heavy atom. The zero-order chi connectivity index (χ0) is 9.30. The molecule has 0 unspecified atom stereocenters. The zero-order valence-corrected chi connectivity index (χ0v) is 6.17. The largest absolute Gasteiger partial charge is 0.272 e. The quantitative estimate of drug-likeness (QED) is 0.482. The van der Waals surface area contributed by atoms with Crippen LogP contribution in [0.3, 0.4) is 0 Å². The van der Waals surface area contributed by atoms with E-state index in [-0.39, 0.29) is 5.56 Å². The van der Waals surface area contributed by atoms with Crippen LogP contribution in [0.15, 0.2) is 12.1 Å². The minimum Gasteiger partial charge on any atom is -0.258 e. The molecule has 1 aromatic carbocycles. The number of non-ortho nitro benzene ring substituents is 1. The summed E-state index contributed by atoms with van der Waals surface area (Å²) >= 11 is 0. The van der Waals surface area contributed by atoms with Crippen LogP contribution in [0.4, 0.5) is 14.5 Å². The predicted molar refractivity (Wildman–Crippen MR) is 37.7 cm³/mol. The molecule has 0 spiro atoms. The Morgan fingerprint density at radius 3 is 2.42 bits per heavy atom. The second-order valence-corrected chi connectivity index (χ2v) is 2.32.